The van der Waals surface area contributed by atoms with Gasteiger partial charge in [0.25, 0.3) is 0 Å². The van der Waals surface area contributed by atoms with Crippen molar-refractivity contribution in [2.24, 2.45) is 0 Å². The third kappa shape index (κ3) is 2.84. The van der Waals surface area contributed by atoms with E-state index in [0.29, 0.717) is 0 Å². The van der Waals surface area contributed by atoms with Crippen molar-refractivity contribution in [3.8, 4) is 0 Å². The normalized spacial score (nSPS) is 13.0. The van der Waals surface area contributed by atoms with Gasteiger partial charge in [-0.3, -0.25) is 4.40 Å². The van der Waals surface area contributed by atoms with E-state index in [2.05, 4.69) is 34.7 Å². The van der Waals surface area contributed by atoms with Crippen LogP contribution in [-0.2, 0) is 6.54 Å². The van der Waals surface area contributed by atoms with Crippen molar-refractivity contribution in [3.05, 3.63) is 58.1 Å². The molecule has 3 rings (SSSR count). The second-order valence-electron chi connectivity index (χ2n) is 5.29. The van der Waals surface area contributed by atoms with Gasteiger partial charge in [-0.25, -0.2) is 9.37 Å². The van der Waals surface area contributed by atoms with Crippen molar-refractivity contribution in [1.82, 2.24) is 14.7 Å². The first-order valence-corrected chi connectivity index (χ1v) is 7.79. The molecule has 1 atom stereocenters. The maximum atomic E-state index is 13.0. The average Bonchev–Trinajstić information content (AvgIpc) is 2.92. The van der Waals surface area contributed by atoms with Gasteiger partial charge in [0.1, 0.15) is 5.82 Å². The first-order valence-electron chi connectivity index (χ1n) is 6.97. The second kappa shape index (κ2) is 5.58. The van der Waals surface area contributed by atoms with Crippen LogP contribution in [0.1, 0.15) is 34.8 Å². The van der Waals surface area contributed by atoms with Gasteiger partial charge in [0.2, 0.25) is 0 Å². The molecule has 5 heteroatoms. The zero-order chi connectivity index (χ0) is 15.0. The number of aromatic nitrogens is 2. The minimum Gasteiger partial charge on any atom is -0.305 e. The van der Waals surface area contributed by atoms with E-state index in [1.165, 1.54) is 22.7 Å². The van der Waals surface area contributed by atoms with Crippen LogP contribution in [0.15, 0.2) is 30.5 Å². The van der Waals surface area contributed by atoms with Crippen LogP contribution in [-0.4, -0.2) is 9.38 Å². The number of thiazole rings is 1. The number of fused-ring (bicyclic) bond motifs is 1. The van der Waals surface area contributed by atoms with Crippen LogP contribution in [0.3, 0.4) is 0 Å². The van der Waals surface area contributed by atoms with Crippen LogP contribution in [0.25, 0.3) is 4.96 Å². The average molecular weight is 303 g/mol. The molecule has 0 aliphatic carbocycles. The number of halogens is 1. The lowest BCUT2D eigenvalue weighted by Gasteiger charge is -2.14. The molecule has 0 unspecified atom stereocenters. The monoisotopic (exact) mass is 303 g/mol. The van der Waals surface area contributed by atoms with E-state index in [1.807, 2.05) is 19.1 Å². The second-order valence-corrected chi connectivity index (χ2v) is 6.51. The van der Waals surface area contributed by atoms with Crippen LogP contribution >= 0.6 is 11.3 Å². The summed E-state index contributed by atoms with van der Waals surface area (Å²) >= 11 is 1.70. The fourth-order valence-corrected chi connectivity index (χ4v) is 3.33. The molecule has 0 amide bonds. The number of nitrogens with zero attached hydrogens (tertiary/aromatic N) is 2. The third-order valence-electron chi connectivity index (χ3n) is 3.69. The van der Waals surface area contributed by atoms with Crippen LogP contribution < -0.4 is 5.32 Å². The molecule has 2 heterocycles. The van der Waals surface area contributed by atoms with Gasteiger partial charge in [0, 0.05) is 23.7 Å². The largest absolute Gasteiger partial charge is 0.305 e. The third-order valence-corrected chi connectivity index (χ3v) is 4.58. The van der Waals surface area contributed by atoms with Gasteiger partial charge in [0.15, 0.2) is 4.96 Å². The van der Waals surface area contributed by atoms with Crippen LogP contribution in [0.4, 0.5) is 4.39 Å². The minimum atomic E-state index is -0.201. The Balaban J connectivity index is 1.76. The molecule has 0 aliphatic heterocycles. The molecule has 0 saturated heterocycles. The van der Waals surface area contributed by atoms with Gasteiger partial charge in [-0.1, -0.05) is 12.1 Å². The molecule has 1 N–H and O–H groups in total. The summed E-state index contributed by atoms with van der Waals surface area (Å²) in [6.07, 6.45) is 2.12. The Morgan fingerprint density at radius 3 is 2.71 bits per heavy atom. The van der Waals surface area contributed by atoms with E-state index >= 15 is 0 Å². The van der Waals surface area contributed by atoms with Gasteiger partial charge in [-0.15, -0.1) is 11.3 Å². The summed E-state index contributed by atoms with van der Waals surface area (Å²) in [5.74, 6) is -0.201. The summed E-state index contributed by atoms with van der Waals surface area (Å²) < 4.78 is 15.1. The quantitative estimate of drug-likeness (QED) is 0.789. The standard InChI is InChI=1S/C16H18FN3S/c1-10-9-20-15(12(3)19-16(20)21-10)8-18-11(2)13-4-6-14(17)7-5-13/h4-7,9,11,18H,8H2,1-3H3/t11-/m0/s1. The van der Waals surface area contributed by atoms with Crippen LogP contribution in [0.5, 0.6) is 0 Å². The Morgan fingerprint density at radius 1 is 1.29 bits per heavy atom. The molecule has 2 aromatic heterocycles. The van der Waals surface area contributed by atoms with Gasteiger partial charge in [-0.05, 0) is 38.5 Å². The van der Waals surface area contributed by atoms with Crippen molar-refractivity contribution in [1.29, 1.82) is 0 Å². The highest BCUT2D eigenvalue weighted by Crippen LogP contribution is 2.21. The van der Waals surface area contributed by atoms with Crippen molar-refractivity contribution in [3.63, 3.8) is 0 Å². The summed E-state index contributed by atoms with van der Waals surface area (Å²) in [4.78, 5) is 6.88. The predicted molar refractivity (Wildman–Crippen MR) is 84.2 cm³/mol. The van der Waals surface area contributed by atoms with E-state index < -0.39 is 0 Å². The SMILES string of the molecule is Cc1cn2c(CN[C@@H](C)c3ccc(F)cc3)c(C)nc2s1. The highest BCUT2D eigenvalue weighted by Gasteiger charge is 2.12. The van der Waals surface area contributed by atoms with Crippen molar-refractivity contribution in [2.75, 3.05) is 0 Å². The van der Waals surface area contributed by atoms with Crippen molar-refractivity contribution < 1.29 is 4.39 Å². The number of benzene rings is 1. The molecule has 0 bridgehead atoms. The summed E-state index contributed by atoms with van der Waals surface area (Å²) in [5.41, 5.74) is 3.32. The molecule has 3 aromatic rings. The van der Waals surface area contributed by atoms with E-state index in [-0.39, 0.29) is 11.9 Å². The van der Waals surface area contributed by atoms with Gasteiger partial charge >= 0.3 is 0 Å². The molecule has 0 fully saturated rings. The molecular weight excluding hydrogens is 285 g/mol. The van der Waals surface area contributed by atoms with Gasteiger partial charge in [-0.2, -0.15) is 0 Å². The first kappa shape index (κ1) is 14.2. The molecular formula is C16H18FN3S. The Labute approximate surface area is 127 Å². The van der Waals surface area contributed by atoms with E-state index in [1.54, 1.807) is 11.3 Å². The van der Waals surface area contributed by atoms with E-state index in [4.69, 9.17) is 0 Å². The Hall–Kier alpha value is -1.72. The summed E-state index contributed by atoms with van der Waals surface area (Å²) in [5, 5.41) is 3.48. The van der Waals surface area contributed by atoms with Gasteiger partial charge in [0.05, 0.1) is 11.4 Å². The number of hydrogen-bond acceptors (Lipinski definition) is 3. The lowest BCUT2D eigenvalue weighted by molar-refractivity contribution is 0.561. The van der Waals surface area contributed by atoms with Crippen LogP contribution in [0.2, 0.25) is 0 Å². The van der Waals surface area contributed by atoms with E-state index in [9.17, 15) is 4.39 Å². The Bertz CT molecular complexity index is 758. The molecule has 3 nitrogen and oxygen atoms in total. The molecule has 21 heavy (non-hydrogen) atoms. The number of rotatable bonds is 4. The molecule has 110 valence electrons. The lowest BCUT2D eigenvalue weighted by atomic mass is 10.1. The van der Waals surface area contributed by atoms with Crippen molar-refractivity contribution >= 4 is 16.3 Å². The highest BCUT2D eigenvalue weighted by molar-refractivity contribution is 7.17. The van der Waals surface area contributed by atoms with Crippen molar-refractivity contribution in [2.45, 2.75) is 33.4 Å². The summed E-state index contributed by atoms with van der Waals surface area (Å²) in [7, 11) is 0. The fraction of sp³-hybridized carbons (Fsp3) is 0.312. The smallest absolute Gasteiger partial charge is 0.194 e. The van der Waals surface area contributed by atoms with Gasteiger partial charge < -0.3 is 5.32 Å². The molecule has 1 aromatic carbocycles. The van der Waals surface area contributed by atoms with Crippen LogP contribution in [0, 0.1) is 19.7 Å². The zero-order valence-electron chi connectivity index (χ0n) is 12.4. The Kier molecular flexibility index (Phi) is 3.78. The molecule has 0 radical (unpaired) electrons. The number of hydrogen-bond donors (Lipinski definition) is 1. The highest BCUT2D eigenvalue weighted by atomic mass is 32.1. The Morgan fingerprint density at radius 2 is 2.00 bits per heavy atom. The maximum Gasteiger partial charge on any atom is 0.194 e. The molecule has 0 saturated carbocycles. The number of imidazole rings is 1. The maximum absolute atomic E-state index is 13.0. The predicted octanol–water partition coefficient (Wildman–Crippen LogP) is 4.00. The molecule has 0 spiro atoms. The minimum absolute atomic E-state index is 0.162. The number of aryl methyl sites for hydroxylation is 2. The lowest BCUT2D eigenvalue weighted by Crippen LogP contribution is -2.19. The first-order chi connectivity index (χ1) is 10.0. The topological polar surface area (TPSA) is 29.3 Å². The fourth-order valence-electron chi connectivity index (χ4n) is 2.44. The molecule has 0 aliphatic rings. The summed E-state index contributed by atoms with van der Waals surface area (Å²) in [6.45, 7) is 6.95. The summed E-state index contributed by atoms with van der Waals surface area (Å²) in [6, 6.07) is 6.80. The zero-order valence-corrected chi connectivity index (χ0v) is 13.2. The van der Waals surface area contributed by atoms with E-state index in [0.717, 1.165) is 22.8 Å². The number of nitrogens with one attached hydrogen (secondary N) is 1.